The molecule has 0 saturated heterocycles. The average Bonchev–Trinajstić information content (AvgIpc) is 2.17. The second-order valence-corrected chi connectivity index (χ2v) is 3.80. The van der Waals surface area contributed by atoms with Crippen LogP contribution in [0.4, 0.5) is 15.8 Å². The number of halogens is 1. The van der Waals surface area contributed by atoms with Crippen molar-refractivity contribution < 1.29 is 4.39 Å². The number of rotatable bonds is 4. The van der Waals surface area contributed by atoms with Crippen LogP contribution in [0.1, 0.15) is 5.56 Å². The van der Waals surface area contributed by atoms with E-state index in [1.165, 1.54) is 0 Å². The molecule has 1 rings (SSSR count). The van der Waals surface area contributed by atoms with Gasteiger partial charge in [-0.15, -0.1) is 0 Å². The molecule has 0 aliphatic rings. The van der Waals surface area contributed by atoms with Gasteiger partial charge in [-0.05, 0) is 32.6 Å². The third-order valence-corrected chi connectivity index (χ3v) is 2.36. The maximum atomic E-state index is 13.8. The normalized spacial score (nSPS) is 10.7. The molecule has 4 heteroatoms. The summed E-state index contributed by atoms with van der Waals surface area (Å²) in [5.74, 6) is -0.237. The molecule has 15 heavy (non-hydrogen) atoms. The van der Waals surface area contributed by atoms with Gasteiger partial charge in [0.05, 0.1) is 5.69 Å². The molecule has 3 nitrogen and oxygen atoms in total. The van der Waals surface area contributed by atoms with Crippen LogP contribution in [0.15, 0.2) is 12.1 Å². The predicted molar refractivity (Wildman–Crippen MR) is 62.6 cm³/mol. The number of nitrogens with one attached hydrogen (secondary N) is 1. The highest BCUT2D eigenvalue weighted by atomic mass is 19.1. The van der Waals surface area contributed by atoms with Crippen molar-refractivity contribution in [3.05, 3.63) is 23.5 Å². The highest BCUT2D eigenvalue weighted by molar-refractivity contribution is 5.58. The van der Waals surface area contributed by atoms with Gasteiger partial charge in [-0.25, -0.2) is 4.39 Å². The molecule has 0 aromatic heterocycles. The summed E-state index contributed by atoms with van der Waals surface area (Å²) >= 11 is 0. The number of nitrogen functional groups attached to an aromatic ring is 1. The highest BCUT2D eigenvalue weighted by Gasteiger charge is 2.10. The van der Waals surface area contributed by atoms with E-state index in [-0.39, 0.29) is 5.82 Å². The fraction of sp³-hybridized carbons (Fsp3) is 0.455. The zero-order chi connectivity index (χ0) is 11.4. The third kappa shape index (κ3) is 2.83. The Balaban J connectivity index is 2.94. The molecule has 0 heterocycles. The van der Waals surface area contributed by atoms with Crippen LogP contribution in [0.5, 0.6) is 0 Å². The van der Waals surface area contributed by atoms with E-state index in [2.05, 4.69) is 5.32 Å². The molecule has 3 N–H and O–H groups in total. The van der Waals surface area contributed by atoms with Gasteiger partial charge >= 0.3 is 0 Å². The van der Waals surface area contributed by atoms with E-state index in [0.717, 1.165) is 6.54 Å². The van der Waals surface area contributed by atoms with Gasteiger partial charge in [0.15, 0.2) is 5.82 Å². The molecule has 1 aromatic rings. The van der Waals surface area contributed by atoms with Gasteiger partial charge in [0, 0.05) is 24.8 Å². The maximum Gasteiger partial charge on any atom is 0.151 e. The summed E-state index contributed by atoms with van der Waals surface area (Å²) in [5.41, 5.74) is 7.36. The van der Waals surface area contributed by atoms with Crippen LogP contribution in [-0.2, 0) is 6.42 Å². The van der Waals surface area contributed by atoms with Crippen molar-refractivity contribution in [1.82, 2.24) is 4.90 Å². The highest BCUT2D eigenvalue weighted by Crippen LogP contribution is 2.23. The molecule has 0 aliphatic heterocycles. The lowest BCUT2D eigenvalue weighted by atomic mass is 10.1. The average molecular weight is 211 g/mol. The molecule has 0 fully saturated rings. The Morgan fingerprint density at radius 2 is 2.07 bits per heavy atom. The SMILES string of the molecule is CNc1ccc(N)c(CCN(C)C)c1F. The molecule has 0 saturated carbocycles. The van der Waals surface area contributed by atoms with Gasteiger partial charge in [-0.2, -0.15) is 0 Å². The van der Waals surface area contributed by atoms with Gasteiger partial charge in [-0.1, -0.05) is 0 Å². The Labute approximate surface area is 90.1 Å². The number of nitrogens with zero attached hydrogens (tertiary/aromatic N) is 1. The molecule has 1 aromatic carbocycles. The first kappa shape index (κ1) is 11.8. The van der Waals surface area contributed by atoms with Gasteiger partial charge in [-0.3, -0.25) is 0 Å². The smallest absolute Gasteiger partial charge is 0.151 e. The quantitative estimate of drug-likeness (QED) is 0.742. The first-order chi connectivity index (χ1) is 7.06. The topological polar surface area (TPSA) is 41.3 Å². The molecule has 0 bridgehead atoms. The summed E-state index contributed by atoms with van der Waals surface area (Å²) in [6.07, 6.45) is 0.625. The first-order valence-electron chi connectivity index (χ1n) is 4.95. The second-order valence-electron chi connectivity index (χ2n) is 3.80. The zero-order valence-electron chi connectivity index (χ0n) is 9.47. The standard InChI is InChI=1S/C11H18FN3/c1-14-10-5-4-9(13)8(11(10)12)6-7-15(2)3/h4-5,14H,6-7,13H2,1-3H3. The third-order valence-electron chi connectivity index (χ3n) is 2.36. The molecular formula is C11H18FN3. The Kier molecular flexibility index (Phi) is 3.91. The van der Waals surface area contributed by atoms with Crippen molar-refractivity contribution in [1.29, 1.82) is 0 Å². The van der Waals surface area contributed by atoms with Gasteiger partial charge in [0.1, 0.15) is 0 Å². The molecule has 0 radical (unpaired) electrons. The molecule has 0 amide bonds. The number of hydrogen-bond donors (Lipinski definition) is 2. The number of anilines is 2. The largest absolute Gasteiger partial charge is 0.398 e. The molecule has 84 valence electrons. The van der Waals surface area contributed by atoms with Crippen LogP contribution >= 0.6 is 0 Å². The van der Waals surface area contributed by atoms with Crippen molar-refractivity contribution in [3.8, 4) is 0 Å². The minimum absolute atomic E-state index is 0.237. The lowest BCUT2D eigenvalue weighted by Crippen LogP contribution is -2.16. The van der Waals surface area contributed by atoms with E-state index in [0.29, 0.717) is 23.4 Å². The van der Waals surface area contributed by atoms with E-state index >= 15 is 0 Å². The Morgan fingerprint density at radius 1 is 1.40 bits per heavy atom. The zero-order valence-corrected chi connectivity index (χ0v) is 9.47. The Morgan fingerprint density at radius 3 is 2.60 bits per heavy atom. The van der Waals surface area contributed by atoms with E-state index in [9.17, 15) is 4.39 Å². The number of nitrogens with two attached hydrogens (primary N) is 1. The van der Waals surface area contributed by atoms with Crippen LogP contribution < -0.4 is 11.1 Å². The van der Waals surface area contributed by atoms with Crippen molar-refractivity contribution in [2.45, 2.75) is 6.42 Å². The molecular weight excluding hydrogens is 193 g/mol. The number of likely N-dealkylation sites (N-methyl/N-ethyl adjacent to an activating group) is 1. The fourth-order valence-electron chi connectivity index (χ4n) is 1.42. The second kappa shape index (κ2) is 4.98. The number of benzene rings is 1. The van der Waals surface area contributed by atoms with Crippen LogP contribution in [0.2, 0.25) is 0 Å². The van der Waals surface area contributed by atoms with E-state index < -0.39 is 0 Å². The van der Waals surface area contributed by atoms with Crippen molar-refractivity contribution in [2.75, 3.05) is 38.7 Å². The first-order valence-corrected chi connectivity index (χ1v) is 4.95. The lowest BCUT2D eigenvalue weighted by Gasteiger charge is -2.13. The van der Waals surface area contributed by atoms with Gasteiger partial charge in [0.25, 0.3) is 0 Å². The summed E-state index contributed by atoms with van der Waals surface area (Å²) in [6, 6.07) is 3.39. The minimum atomic E-state index is -0.237. The number of hydrogen-bond acceptors (Lipinski definition) is 3. The van der Waals surface area contributed by atoms with Crippen molar-refractivity contribution in [2.24, 2.45) is 0 Å². The summed E-state index contributed by atoms with van der Waals surface area (Å²) in [7, 11) is 5.61. The summed E-state index contributed by atoms with van der Waals surface area (Å²) < 4.78 is 13.8. The van der Waals surface area contributed by atoms with Crippen molar-refractivity contribution in [3.63, 3.8) is 0 Å². The van der Waals surface area contributed by atoms with Crippen molar-refractivity contribution >= 4 is 11.4 Å². The summed E-state index contributed by atoms with van der Waals surface area (Å²) in [5, 5.41) is 2.81. The minimum Gasteiger partial charge on any atom is -0.398 e. The van der Waals surface area contributed by atoms with Crippen LogP contribution in [0.25, 0.3) is 0 Å². The lowest BCUT2D eigenvalue weighted by molar-refractivity contribution is 0.410. The molecule has 0 unspecified atom stereocenters. The van der Waals surface area contributed by atoms with Crippen LogP contribution in [-0.4, -0.2) is 32.6 Å². The fourth-order valence-corrected chi connectivity index (χ4v) is 1.42. The van der Waals surface area contributed by atoms with E-state index in [4.69, 9.17) is 5.73 Å². The monoisotopic (exact) mass is 211 g/mol. The molecule has 0 spiro atoms. The van der Waals surface area contributed by atoms with E-state index in [1.807, 2.05) is 19.0 Å². The predicted octanol–water partition coefficient (Wildman–Crippen LogP) is 1.55. The molecule has 0 aliphatic carbocycles. The van der Waals surface area contributed by atoms with Gasteiger partial charge in [0.2, 0.25) is 0 Å². The Hall–Kier alpha value is -1.29. The Bertz CT molecular complexity index is 337. The van der Waals surface area contributed by atoms with Crippen LogP contribution in [0.3, 0.4) is 0 Å². The van der Waals surface area contributed by atoms with Gasteiger partial charge < -0.3 is 16.0 Å². The van der Waals surface area contributed by atoms with Crippen LogP contribution in [0, 0.1) is 5.82 Å². The maximum absolute atomic E-state index is 13.8. The summed E-state index contributed by atoms with van der Waals surface area (Å²) in [6.45, 7) is 0.786. The summed E-state index contributed by atoms with van der Waals surface area (Å²) in [4.78, 5) is 2.00. The molecule has 0 atom stereocenters. The van der Waals surface area contributed by atoms with E-state index in [1.54, 1.807) is 19.2 Å².